The SMILES string of the molecule is CC(C)c1ccc(-n2nc(N3CCN(C(=O)c4ccc(Br)o4)CC3)ccc2=O)cc1. The highest BCUT2D eigenvalue weighted by molar-refractivity contribution is 9.10. The molecule has 3 aromatic rings. The third-order valence-electron chi connectivity index (χ3n) is 5.27. The Morgan fingerprint density at radius 2 is 1.70 bits per heavy atom. The van der Waals surface area contributed by atoms with E-state index in [4.69, 9.17) is 4.42 Å². The largest absolute Gasteiger partial charge is 0.444 e. The van der Waals surface area contributed by atoms with E-state index in [-0.39, 0.29) is 11.5 Å². The van der Waals surface area contributed by atoms with Gasteiger partial charge >= 0.3 is 0 Å². The molecule has 2 aromatic heterocycles. The zero-order valence-corrected chi connectivity index (χ0v) is 18.5. The van der Waals surface area contributed by atoms with Gasteiger partial charge in [0.15, 0.2) is 10.4 Å². The number of benzene rings is 1. The lowest BCUT2D eigenvalue weighted by molar-refractivity contribution is 0.0713. The highest BCUT2D eigenvalue weighted by atomic mass is 79.9. The summed E-state index contributed by atoms with van der Waals surface area (Å²) in [4.78, 5) is 28.8. The van der Waals surface area contributed by atoms with Gasteiger partial charge in [0.25, 0.3) is 11.5 Å². The number of aromatic nitrogens is 2. The van der Waals surface area contributed by atoms with E-state index < -0.39 is 0 Å². The molecule has 3 heterocycles. The van der Waals surface area contributed by atoms with Gasteiger partial charge in [-0.15, -0.1) is 5.10 Å². The van der Waals surface area contributed by atoms with Gasteiger partial charge in [-0.25, -0.2) is 0 Å². The van der Waals surface area contributed by atoms with Crippen molar-refractivity contribution in [3.63, 3.8) is 0 Å². The average Bonchev–Trinajstić information content (AvgIpc) is 3.20. The molecule has 1 amide bonds. The number of furan rings is 1. The third kappa shape index (κ3) is 4.18. The predicted molar refractivity (Wildman–Crippen MR) is 118 cm³/mol. The molecule has 1 aliphatic heterocycles. The molecule has 0 unspecified atom stereocenters. The minimum absolute atomic E-state index is 0.122. The molecule has 0 atom stereocenters. The van der Waals surface area contributed by atoms with Crippen LogP contribution in [-0.2, 0) is 0 Å². The van der Waals surface area contributed by atoms with Gasteiger partial charge in [0.2, 0.25) is 0 Å². The summed E-state index contributed by atoms with van der Waals surface area (Å²) in [5, 5.41) is 4.57. The minimum Gasteiger partial charge on any atom is -0.444 e. The number of carbonyl (C=O) groups excluding carboxylic acids is 1. The monoisotopic (exact) mass is 470 g/mol. The van der Waals surface area contributed by atoms with E-state index in [0.717, 1.165) is 11.5 Å². The molecule has 8 heteroatoms. The predicted octanol–water partition coefficient (Wildman–Crippen LogP) is 3.67. The Hall–Kier alpha value is -2.87. The number of anilines is 1. The molecule has 0 aliphatic carbocycles. The average molecular weight is 471 g/mol. The van der Waals surface area contributed by atoms with Crippen LogP contribution in [0.5, 0.6) is 0 Å². The molecule has 7 nitrogen and oxygen atoms in total. The van der Waals surface area contributed by atoms with Crippen LogP contribution in [-0.4, -0.2) is 46.8 Å². The van der Waals surface area contributed by atoms with E-state index in [0.29, 0.717) is 42.5 Å². The number of rotatable bonds is 4. The van der Waals surface area contributed by atoms with Crippen molar-refractivity contribution >= 4 is 27.7 Å². The second-order valence-corrected chi connectivity index (χ2v) is 8.35. The number of carbonyl (C=O) groups is 1. The van der Waals surface area contributed by atoms with E-state index in [2.05, 4.69) is 39.8 Å². The summed E-state index contributed by atoms with van der Waals surface area (Å²) < 4.78 is 7.34. The number of nitrogens with zero attached hydrogens (tertiary/aromatic N) is 4. The molecule has 1 aliphatic rings. The van der Waals surface area contributed by atoms with Crippen LogP contribution in [0.15, 0.2) is 62.4 Å². The molecule has 0 bridgehead atoms. The van der Waals surface area contributed by atoms with Crippen LogP contribution < -0.4 is 10.5 Å². The number of halogens is 1. The first-order valence-corrected chi connectivity index (χ1v) is 10.7. The maximum Gasteiger partial charge on any atom is 0.289 e. The Morgan fingerprint density at radius 1 is 1.00 bits per heavy atom. The molecule has 0 saturated carbocycles. The first kappa shape index (κ1) is 20.4. The lowest BCUT2D eigenvalue weighted by Crippen LogP contribution is -2.49. The van der Waals surface area contributed by atoms with Gasteiger partial charge in [-0.3, -0.25) is 9.59 Å². The summed E-state index contributed by atoms with van der Waals surface area (Å²) in [5.74, 6) is 1.35. The standard InChI is InChI=1S/C22H23BrN4O3/c1-15(2)16-3-5-17(6-4-16)27-21(28)10-9-20(24-27)25-11-13-26(14-12-25)22(29)18-7-8-19(23)30-18/h3-10,15H,11-14H2,1-2H3. The first-order valence-electron chi connectivity index (χ1n) is 9.92. The molecule has 4 rings (SSSR count). The van der Waals surface area contributed by atoms with Crippen molar-refractivity contribution in [2.75, 3.05) is 31.1 Å². The molecule has 0 spiro atoms. The zero-order chi connectivity index (χ0) is 21.3. The molecule has 1 fully saturated rings. The van der Waals surface area contributed by atoms with Crippen LogP contribution in [0.4, 0.5) is 5.82 Å². The van der Waals surface area contributed by atoms with Crippen molar-refractivity contribution in [1.82, 2.24) is 14.7 Å². The van der Waals surface area contributed by atoms with Gasteiger partial charge in [0.05, 0.1) is 5.69 Å². The Balaban J connectivity index is 1.48. The summed E-state index contributed by atoms with van der Waals surface area (Å²) in [5.41, 5.74) is 1.78. The van der Waals surface area contributed by atoms with Crippen LogP contribution in [0.1, 0.15) is 35.9 Å². The van der Waals surface area contributed by atoms with Crippen molar-refractivity contribution in [3.8, 4) is 5.69 Å². The van der Waals surface area contributed by atoms with Crippen molar-refractivity contribution < 1.29 is 9.21 Å². The molecule has 1 saturated heterocycles. The highest BCUT2D eigenvalue weighted by Gasteiger charge is 2.25. The quantitative estimate of drug-likeness (QED) is 0.581. The number of hydrogen-bond donors (Lipinski definition) is 0. The number of hydrogen-bond acceptors (Lipinski definition) is 5. The number of piperazine rings is 1. The number of amides is 1. The smallest absolute Gasteiger partial charge is 0.289 e. The van der Waals surface area contributed by atoms with Gasteiger partial charge in [0.1, 0.15) is 5.82 Å². The van der Waals surface area contributed by atoms with Crippen molar-refractivity contribution in [2.45, 2.75) is 19.8 Å². The van der Waals surface area contributed by atoms with Gasteiger partial charge in [0, 0.05) is 32.2 Å². The fourth-order valence-corrected chi connectivity index (χ4v) is 3.79. The topological polar surface area (TPSA) is 71.6 Å². The maximum atomic E-state index is 12.5. The van der Waals surface area contributed by atoms with Crippen LogP contribution in [0, 0.1) is 0 Å². The lowest BCUT2D eigenvalue weighted by atomic mass is 10.0. The molecule has 1 aromatic carbocycles. The van der Waals surface area contributed by atoms with Crippen molar-refractivity contribution in [3.05, 3.63) is 74.9 Å². The molecular formula is C22H23BrN4O3. The molecule has 0 N–H and O–H groups in total. The Morgan fingerprint density at radius 3 is 2.30 bits per heavy atom. The van der Waals surface area contributed by atoms with E-state index >= 15 is 0 Å². The van der Waals surface area contributed by atoms with Crippen LogP contribution in [0.2, 0.25) is 0 Å². The Labute approximate surface area is 183 Å². The van der Waals surface area contributed by atoms with E-state index in [1.165, 1.54) is 16.3 Å². The fourth-order valence-electron chi connectivity index (χ4n) is 3.48. The van der Waals surface area contributed by atoms with Crippen molar-refractivity contribution in [2.24, 2.45) is 0 Å². The zero-order valence-electron chi connectivity index (χ0n) is 16.9. The van der Waals surface area contributed by atoms with Crippen LogP contribution >= 0.6 is 15.9 Å². The molecule has 30 heavy (non-hydrogen) atoms. The van der Waals surface area contributed by atoms with Crippen LogP contribution in [0.3, 0.4) is 0 Å². The van der Waals surface area contributed by atoms with E-state index in [9.17, 15) is 9.59 Å². The normalized spacial score (nSPS) is 14.4. The van der Waals surface area contributed by atoms with Gasteiger partial charge in [-0.1, -0.05) is 26.0 Å². The third-order valence-corrected chi connectivity index (χ3v) is 5.69. The van der Waals surface area contributed by atoms with E-state index in [1.807, 2.05) is 24.3 Å². The summed E-state index contributed by atoms with van der Waals surface area (Å²) >= 11 is 3.23. The Kier molecular flexibility index (Phi) is 5.76. The molecule has 156 valence electrons. The second kappa shape index (κ2) is 8.47. The van der Waals surface area contributed by atoms with Crippen molar-refractivity contribution in [1.29, 1.82) is 0 Å². The highest BCUT2D eigenvalue weighted by Crippen LogP contribution is 2.19. The van der Waals surface area contributed by atoms with E-state index in [1.54, 1.807) is 23.1 Å². The maximum absolute atomic E-state index is 12.5. The lowest BCUT2D eigenvalue weighted by Gasteiger charge is -2.35. The van der Waals surface area contributed by atoms with Gasteiger partial charge < -0.3 is 14.2 Å². The Bertz CT molecular complexity index is 1100. The van der Waals surface area contributed by atoms with Gasteiger partial charge in [-0.2, -0.15) is 4.68 Å². The fraction of sp³-hybridized carbons (Fsp3) is 0.318. The van der Waals surface area contributed by atoms with Crippen LogP contribution in [0.25, 0.3) is 5.69 Å². The summed E-state index contributed by atoms with van der Waals surface area (Å²) in [7, 11) is 0. The summed E-state index contributed by atoms with van der Waals surface area (Å²) in [6.07, 6.45) is 0. The molecule has 0 radical (unpaired) electrons. The van der Waals surface area contributed by atoms with Gasteiger partial charge in [-0.05, 0) is 57.7 Å². The molecular weight excluding hydrogens is 448 g/mol. The minimum atomic E-state index is -0.173. The second-order valence-electron chi connectivity index (χ2n) is 7.57. The summed E-state index contributed by atoms with van der Waals surface area (Å²) in [6.45, 7) is 6.64. The summed E-state index contributed by atoms with van der Waals surface area (Å²) in [6, 6.07) is 14.6. The first-order chi connectivity index (χ1) is 14.4.